The normalized spacial score (nSPS) is 21.2. The Hall–Kier alpha value is -2.50. The lowest BCUT2D eigenvalue weighted by Gasteiger charge is -2.39. The second kappa shape index (κ2) is 10.9. The molecule has 2 unspecified atom stereocenters. The fourth-order valence-corrected chi connectivity index (χ4v) is 5.74. The maximum absolute atomic E-state index is 12.6. The third-order valence-electron chi connectivity index (χ3n) is 6.89. The van der Waals surface area contributed by atoms with Crippen LogP contribution in [0.3, 0.4) is 0 Å². The van der Waals surface area contributed by atoms with Crippen LogP contribution in [0.5, 0.6) is 5.75 Å². The number of esters is 1. The van der Waals surface area contributed by atoms with Crippen LogP contribution in [0.15, 0.2) is 42.5 Å². The molecule has 4 atom stereocenters. The third kappa shape index (κ3) is 5.90. The number of aromatic nitrogens is 2. The van der Waals surface area contributed by atoms with Crippen LogP contribution >= 0.6 is 22.6 Å². The van der Waals surface area contributed by atoms with Crippen molar-refractivity contribution in [3.05, 3.63) is 48.0 Å². The van der Waals surface area contributed by atoms with Crippen LogP contribution in [0.4, 0.5) is 24.8 Å². The summed E-state index contributed by atoms with van der Waals surface area (Å²) in [5.41, 5.74) is 2.53. The van der Waals surface area contributed by atoms with Crippen molar-refractivity contribution in [1.82, 2.24) is 9.55 Å². The standard InChI is InChI=1S/C26H29F3IN3O3/c1-15-4-10-20(16(2)14-30)23(12-15)33-22-11-5-17(24(34)35-3)13-21(22)32-25(33)31-18-6-8-19(9-7-18)36-26(27,28)29/h5-9,11,13,15-16,20,23H,4,10,12,14H2,1-3H3,(H,31,32)/t15-,16?,20+,23?/m1/s1. The number of fused-ring (bicyclic) bond motifs is 1. The molecule has 0 amide bonds. The van der Waals surface area contributed by atoms with Crippen LogP contribution in [-0.2, 0) is 4.74 Å². The molecule has 1 aliphatic rings. The lowest BCUT2D eigenvalue weighted by molar-refractivity contribution is -0.274. The van der Waals surface area contributed by atoms with Crippen LogP contribution < -0.4 is 10.1 Å². The smallest absolute Gasteiger partial charge is 0.465 e. The van der Waals surface area contributed by atoms with Crippen molar-refractivity contribution in [3.8, 4) is 5.75 Å². The number of carbonyl (C=O) groups is 1. The van der Waals surface area contributed by atoms with Crippen molar-refractivity contribution in [3.63, 3.8) is 0 Å². The Bertz CT molecular complexity index is 1210. The topological polar surface area (TPSA) is 65.4 Å². The van der Waals surface area contributed by atoms with Crippen molar-refractivity contribution in [2.45, 2.75) is 45.5 Å². The Kier molecular flexibility index (Phi) is 8.01. The molecule has 0 radical (unpaired) electrons. The van der Waals surface area contributed by atoms with Crippen LogP contribution in [-0.4, -0.2) is 33.4 Å². The fourth-order valence-electron chi connectivity index (χ4n) is 5.09. The molecule has 10 heteroatoms. The zero-order chi connectivity index (χ0) is 26.0. The van der Waals surface area contributed by atoms with E-state index in [2.05, 4.69) is 51.1 Å². The van der Waals surface area contributed by atoms with Gasteiger partial charge >= 0.3 is 12.3 Å². The minimum atomic E-state index is -4.75. The van der Waals surface area contributed by atoms with Gasteiger partial charge in [0.2, 0.25) is 5.95 Å². The Balaban J connectivity index is 1.77. The first kappa shape index (κ1) is 26.6. The molecule has 1 aromatic heterocycles. The lowest BCUT2D eigenvalue weighted by atomic mass is 9.74. The molecular formula is C26H29F3IN3O3. The van der Waals surface area contributed by atoms with Crippen molar-refractivity contribution >= 4 is 51.2 Å². The molecule has 6 nitrogen and oxygen atoms in total. The van der Waals surface area contributed by atoms with Crippen molar-refractivity contribution < 1.29 is 27.4 Å². The summed E-state index contributed by atoms with van der Waals surface area (Å²) in [6.07, 6.45) is -1.48. The molecule has 194 valence electrons. The van der Waals surface area contributed by atoms with E-state index in [4.69, 9.17) is 9.72 Å². The first-order chi connectivity index (χ1) is 17.1. The highest BCUT2D eigenvalue weighted by atomic mass is 127. The summed E-state index contributed by atoms with van der Waals surface area (Å²) in [6.45, 7) is 4.54. The molecule has 3 aromatic rings. The number of rotatable bonds is 7. The second-order valence-corrected chi connectivity index (χ2v) is 10.4. The van der Waals surface area contributed by atoms with E-state index in [1.54, 1.807) is 12.1 Å². The van der Waals surface area contributed by atoms with Crippen LogP contribution in [0.2, 0.25) is 0 Å². The maximum atomic E-state index is 12.6. The van der Waals surface area contributed by atoms with Gasteiger partial charge in [0.05, 0.1) is 23.7 Å². The number of halogens is 4. The largest absolute Gasteiger partial charge is 0.573 e. The maximum Gasteiger partial charge on any atom is 0.573 e. The van der Waals surface area contributed by atoms with Gasteiger partial charge < -0.3 is 19.4 Å². The Labute approximate surface area is 221 Å². The van der Waals surface area contributed by atoms with Gasteiger partial charge in [-0.2, -0.15) is 0 Å². The molecule has 36 heavy (non-hydrogen) atoms. The molecule has 1 heterocycles. The molecule has 0 spiro atoms. The highest BCUT2D eigenvalue weighted by Crippen LogP contribution is 2.45. The number of hydrogen-bond donors (Lipinski definition) is 1. The van der Waals surface area contributed by atoms with E-state index in [0.717, 1.165) is 22.8 Å². The Morgan fingerprint density at radius 2 is 1.94 bits per heavy atom. The summed E-state index contributed by atoms with van der Waals surface area (Å²) >= 11 is 2.44. The number of methoxy groups -OCH3 is 1. The summed E-state index contributed by atoms with van der Waals surface area (Å²) in [7, 11) is 1.34. The molecule has 0 saturated heterocycles. The monoisotopic (exact) mass is 615 g/mol. The molecule has 0 bridgehead atoms. The molecule has 2 aromatic carbocycles. The summed E-state index contributed by atoms with van der Waals surface area (Å²) in [5, 5.41) is 3.30. The minimum Gasteiger partial charge on any atom is -0.465 e. The van der Waals surface area contributed by atoms with Crippen molar-refractivity contribution in [1.29, 1.82) is 0 Å². The van der Waals surface area contributed by atoms with Gasteiger partial charge in [-0.05, 0) is 73.1 Å². The predicted molar refractivity (Wildman–Crippen MR) is 141 cm³/mol. The molecule has 1 fully saturated rings. The van der Waals surface area contributed by atoms with E-state index in [9.17, 15) is 18.0 Å². The van der Waals surface area contributed by atoms with E-state index < -0.39 is 12.3 Å². The first-order valence-corrected chi connectivity index (χ1v) is 13.4. The van der Waals surface area contributed by atoms with Gasteiger partial charge in [-0.3, -0.25) is 0 Å². The van der Waals surface area contributed by atoms with Gasteiger partial charge in [-0.15, -0.1) is 13.2 Å². The summed E-state index contributed by atoms with van der Waals surface area (Å²) < 4.78 is 49.8. The average Bonchev–Trinajstić information content (AvgIpc) is 3.20. The number of ether oxygens (including phenoxy) is 2. The zero-order valence-electron chi connectivity index (χ0n) is 20.3. The quantitative estimate of drug-likeness (QED) is 0.169. The van der Waals surface area contributed by atoms with Gasteiger partial charge in [-0.25, -0.2) is 9.78 Å². The number of alkyl halides is 4. The summed E-state index contributed by atoms with van der Waals surface area (Å²) in [6, 6.07) is 11.1. The number of carbonyl (C=O) groups excluding carboxylic acids is 1. The van der Waals surface area contributed by atoms with Crippen LogP contribution in [0.25, 0.3) is 11.0 Å². The predicted octanol–water partition coefficient (Wildman–Crippen LogP) is 7.51. The minimum absolute atomic E-state index is 0.183. The Morgan fingerprint density at radius 3 is 2.58 bits per heavy atom. The SMILES string of the molecule is COC(=O)c1ccc2c(c1)nc(Nc1ccc(OC(F)(F)F)cc1)n2C1C[C@H](C)CC[C@H]1C(C)CI. The number of benzene rings is 2. The van der Waals surface area contributed by atoms with Crippen molar-refractivity contribution in [2.75, 3.05) is 16.9 Å². The fraction of sp³-hybridized carbons (Fsp3) is 0.462. The molecule has 0 aliphatic heterocycles. The first-order valence-electron chi connectivity index (χ1n) is 11.9. The highest BCUT2D eigenvalue weighted by Gasteiger charge is 2.35. The van der Waals surface area contributed by atoms with E-state index in [0.29, 0.717) is 40.5 Å². The number of hydrogen-bond acceptors (Lipinski definition) is 5. The molecular weight excluding hydrogens is 586 g/mol. The molecule has 1 saturated carbocycles. The van der Waals surface area contributed by atoms with E-state index in [1.807, 2.05) is 6.07 Å². The van der Waals surface area contributed by atoms with E-state index in [1.165, 1.54) is 37.8 Å². The highest BCUT2D eigenvalue weighted by molar-refractivity contribution is 14.1. The van der Waals surface area contributed by atoms with Crippen molar-refractivity contribution in [2.24, 2.45) is 17.8 Å². The molecule has 1 aliphatic carbocycles. The van der Waals surface area contributed by atoms with Gasteiger partial charge in [0, 0.05) is 16.2 Å². The number of anilines is 2. The molecule has 4 rings (SSSR count). The lowest BCUT2D eigenvalue weighted by Crippen LogP contribution is -2.32. The van der Waals surface area contributed by atoms with Gasteiger partial charge in [-0.1, -0.05) is 42.9 Å². The van der Waals surface area contributed by atoms with Gasteiger partial charge in [0.15, 0.2) is 0 Å². The summed E-state index contributed by atoms with van der Waals surface area (Å²) in [5.74, 6) is 1.35. The Morgan fingerprint density at radius 1 is 1.22 bits per heavy atom. The third-order valence-corrected chi connectivity index (χ3v) is 8.28. The second-order valence-electron chi connectivity index (χ2n) is 9.48. The number of nitrogens with one attached hydrogen (secondary N) is 1. The summed E-state index contributed by atoms with van der Waals surface area (Å²) in [4.78, 5) is 16.9. The number of imidazole rings is 1. The van der Waals surface area contributed by atoms with E-state index in [-0.39, 0.29) is 11.8 Å². The van der Waals surface area contributed by atoms with Crippen LogP contribution in [0, 0.1) is 17.8 Å². The number of nitrogens with zero attached hydrogens (tertiary/aromatic N) is 2. The average molecular weight is 615 g/mol. The van der Waals surface area contributed by atoms with Gasteiger partial charge in [0.1, 0.15) is 5.75 Å². The van der Waals surface area contributed by atoms with Crippen LogP contribution in [0.1, 0.15) is 49.5 Å². The van der Waals surface area contributed by atoms with E-state index >= 15 is 0 Å². The molecule has 1 N–H and O–H groups in total. The van der Waals surface area contributed by atoms with Gasteiger partial charge in [0.25, 0.3) is 0 Å². The zero-order valence-corrected chi connectivity index (χ0v) is 22.5.